The van der Waals surface area contributed by atoms with Crippen molar-refractivity contribution in [3.8, 4) is 0 Å². The molecule has 1 aromatic rings. The van der Waals surface area contributed by atoms with E-state index in [0.29, 0.717) is 0 Å². The molecule has 0 aromatic carbocycles. The fraction of sp³-hybridized carbons (Fsp3) is 0.583. The molecule has 0 amide bonds. The fourth-order valence-electron chi connectivity index (χ4n) is 1.70. The van der Waals surface area contributed by atoms with Crippen LogP contribution in [0.25, 0.3) is 0 Å². The average Bonchev–Trinajstić information content (AvgIpc) is 2.30. The lowest BCUT2D eigenvalue weighted by molar-refractivity contribution is 0.481. The second kappa shape index (κ2) is 7.37. The number of pyridine rings is 1. The van der Waals surface area contributed by atoms with Crippen LogP contribution in [0.15, 0.2) is 24.5 Å². The summed E-state index contributed by atoms with van der Waals surface area (Å²) in [4.78, 5) is 4.10. The van der Waals surface area contributed by atoms with Crippen molar-refractivity contribution in [1.82, 2.24) is 10.4 Å². The van der Waals surface area contributed by atoms with Crippen molar-refractivity contribution in [3.05, 3.63) is 30.1 Å². The standard InChI is InChI=1S/C12H21N3/c1-2-3-4-5-8-12(15-13)11-7-6-9-14-10-11/h6-7,9-10,12,15H,2-5,8,13H2,1H3. The van der Waals surface area contributed by atoms with Gasteiger partial charge in [-0.3, -0.25) is 16.3 Å². The second-order valence-corrected chi connectivity index (χ2v) is 3.85. The summed E-state index contributed by atoms with van der Waals surface area (Å²) < 4.78 is 0. The number of aromatic nitrogens is 1. The van der Waals surface area contributed by atoms with Crippen molar-refractivity contribution in [2.45, 2.75) is 45.1 Å². The summed E-state index contributed by atoms with van der Waals surface area (Å²) in [5.74, 6) is 5.54. The molecular weight excluding hydrogens is 186 g/mol. The Morgan fingerprint density at radius 2 is 2.27 bits per heavy atom. The van der Waals surface area contributed by atoms with Gasteiger partial charge in [0.15, 0.2) is 0 Å². The highest BCUT2D eigenvalue weighted by molar-refractivity contribution is 5.13. The Bertz CT molecular complexity index is 248. The van der Waals surface area contributed by atoms with Crippen LogP contribution >= 0.6 is 0 Å². The topological polar surface area (TPSA) is 50.9 Å². The van der Waals surface area contributed by atoms with Gasteiger partial charge in [-0.1, -0.05) is 38.7 Å². The molecule has 1 unspecified atom stereocenters. The molecule has 0 fully saturated rings. The monoisotopic (exact) mass is 207 g/mol. The molecule has 0 aliphatic carbocycles. The summed E-state index contributed by atoms with van der Waals surface area (Å²) in [6, 6.07) is 4.26. The Morgan fingerprint density at radius 3 is 2.87 bits per heavy atom. The molecule has 1 heterocycles. The van der Waals surface area contributed by atoms with Crippen LogP contribution in [0, 0.1) is 0 Å². The lowest BCUT2D eigenvalue weighted by atomic mass is 10.0. The number of nitrogens with two attached hydrogens (primary N) is 1. The molecule has 0 saturated carbocycles. The molecule has 0 aliphatic rings. The van der Waals surface area contributed by atoms with Gasteiger partial charge in [0, 0.05) is 18.4 Å². The third kappa shape index (κ3) is 4.40. The molecule has 3 N–H and O–H groups in total. The molecule has 3 heteroatoms. The Labute approximate surface area is 92.1 Å². The predicted octanol–water partition coefficient (Wildman–Crippen LogP) is 2.56. The molecule has 0 bridgehead atoms. The van der Waals surface area contributed by atoms with E-state index < -0.39 is 0 Å². The summed E-state index contributed by atoms with van der Waals surface area (Å²) in [7, 11) is 0. The van der Waals surface area contributed by atoms with E-state index in [1.54, 1.807) is 6.20 Å². The first-order chi connectivity index (χ1) is 7.38. The van der Waals surface area contributed by atoms with E-state index in [1.807, 2.05) is 12.3 Å². The van der Waals surface area contributed by atoms with Crippen LogP contribution in [0.5, 0.6) is 0 Å². The lowest BCUT2D eigenvalue weighted by Crippen LogP contribution is -2.28. The van der Waals surface area contributed by atoms with Crippen LogP contribution < -0.4 is 11.3 Å². The maximum Gasteiger partial charge on any atom is 0.0475 e. The highest BCUT2D eigenvalue weighted by Crippen LogP contribution is 2.18. The zero-order valence-corrected chi connectivity index (χ0v) is 9.45. The van der Waals surface area contributed by atoms with Crippen molar-refractivity contribution in [2.75, 3.05) is 0 Å². The van der Waals surface area contributed by atoms with Gasteiger partial charge in [0.25, 0.3) is 0 Å². The van der Waals surface area contributed by atoms with Crippen LogP contribution in [0.4, 0.5) is 0 Å². The van der Waals surface area contributed by atoms with Gasteiger partial charge >= 0.3 is 0 Å². The van der Waals surface area contributed by atoms with E-state index in [9.17, 15) is 0 Å². The van der Waals surface area contributed by atoms with E-state index >= 15 is 0 Å². The minimum Gasteiger partial charge on any atom is -0.271 e. The molecule has 84 valence electrons. The third-order valence-corrected chi connectivity index (χ3v) is 2.63. The zero-order valence-electron chi connectivity index (χ0n) is 9.45. The smallest absolute Gasteiger partial charge is 0.0475 e. The first-order valence-electron chi connectivity index (χ1n) is 5.74. The zero-order chi connectivity index (χ0) is 10.9. The minimum absolute atomic E-state index is 0.246. The Hall–Kier alpha value is -0.930. The normalized spacial score (nSPS) is 12.7. The molecule has 1 rings (SSSR count). The summed E-state index contributed by atoms with van der Waals surface area (Å²) >= 11 is 0. The molecule has 0 aliphatic heterocycles. The van der Waals surface area contributed by atoms with Crippen LogP contribution in [0.1, 0.15) is 50.6 Å². The molecule has 1 aromatic heterocycles. The van der Waals surface area contributed by atoms with E-state index in [0.717, 1.165) is 6.42 Å². The SMILES string of the molecule is CCCCCCC(NN)c1cccnc1. The van der Waals surface area contributed by atoms with Crippen molar-refractivity contribution in [1.29, 1.82) is 0 Å². The second-order valence-electron chi connectivity index (χ2n) is 3.85. The Kier molecular flexibility index (Phi) is 5.97. The molecule has 3 nitrogen and oxygen atoms in total. The van der Waals surface area contributed by atoms with Gasteiger partial charge in [-0.2, -0.15) is 0 Å². The quantitative estimate of drug-likeness (QED) is 0.410. The first-order valence-corrected chi connectivity index (χ1v) is 5.74. The highest BCUT2D eigenvalue weighted by atomic mass is 15.2. The van der Waals surface area contributed by atoms with Crippen molar-refractivity contribution < 1.29 is 0 Å². The molecule has 0 saturated heterocycles. The van der Waals surface area contributed by atoms with E-state index in [4.69, 9.17) is 5.84 Å². The number of hydrogen-bond donors (Lipinski definition) is 2. The van der Waals surface area contributed by atoms with Crippen LogP contribution in [-0.4, -0.2) is 4.98 Å². The van der Waals surface area contributed by atoms with Gasteiger partial charge in [-0.15, -0.1) is 0 Å². The van der Waals surface area contributed by atoms with Crippen LogP contribution in [-0.2, 0) is 0 Å². The number of nitrogens with one attached hydrogen (secondary N) is 1. The van der Waals surface area contributed by atoms with Crippen LogP contribution in [0.3, 0.4) is 0 Å². The molecular formula is C12H21N3. The lowest BCUT2D eigenvalue weighted by Gasteiger charge is -2.15. The molecule has 0 spiro atoms. The van der Waals surface area contributed by atoms with Gasteiger partial charge in [0.1, 0.15) is 0 Å². The Balaban J connectivity index is 2.36. The molecule has 15 heavy (non-hydrogen) atoms. The van der Waals surface area contributed by atoms with Crippen LogP contribution in [0.2, 0.25) is 0 Å². The van der Waals surface area contributed by atoms with Gasteiger partial charge in [-0.05, 0) is 18.1 Å². The number of nitrogens with zero attached hydrogens (tertiary/aromatic N) is 1. The van der Waals surface area contributed by atoms with Crippen molar-refractivity contribution in [3.63, 3.8) is 0 Å². The molecule has 1 atom stereocenters. The van der Waals surface area contributed by atoms with E-state index in [-0.39, 0.29) is 6.04 Å². The van der Waals surface area contributed by atoms with E-state index in [1.165, 1.54) is 31.2 Å². The number of rotatable bonds is 7. The summed E-state index contributed by atoms with van der Waals surface area (Å²) in [6.45, 7) is 2.22. The van der Waals surface area contributed by atoms with E-state index in [2.05, 4.69) is 23.4 Å². The fourth-order valence-corrected chi connectivity index (χ4v) is 1.70. The maximum atomic E-state index is 5.54. The van der Waals surface area contributed by atoms with Crippen molar-refractivity contribution in [2.24, 2.45) is 5.84 Å². The molecule has 0 radical (unpaired) electrons. The highest BCUT2D eigenvalue weighted by Gasteiger charge is 2.08. The van der Waals surface area contributed by atoms with Gasteiger partial charge in [-0.25, -0.2) is 0 Å². The number of hydrogen-bond acceptors (Lipinski definition) is 3. The Morgan fingerprint density at radius 1 is 1.40 bits per heavy atom. The van der Waals surface area contributed by atoms with Crippen molar-refractivity contribution >= 4 is 0 Å². The number of unbranched alkanes of at least 4 members (excludes halogenated alkanes) is 3. The summed E-state index contributed by atoms with van der Waals surface area (Å²) in [6.07, 6.45) is 9.84. The predicted molar refractivity (Wildman–Crippen MR) is 63.1 cm³/mol. The third-order valence-electron chi connectivity index (χ3n) is 2.63. The first kappa shape index (κ1) is 12.1. The number of hydrazine groups is 1. The maximum absolute atomic E-state index is 5.54. The minimum atomic E-state index is 0.246. The van der Waals surface area contributed by atoms with Gasteiger partial charge in [0.05, 0.1) is 0 Å². The van der Waals surface area contributed by atoms with Gasteiger partial charge < -0.3 is 0 Å². The van der Waals surface area contributed by atoms with Gasteiger partial charge in [0.2, 0.25) is 0 Å². The summed E-state index contributed by atoms with van der Waals surface area (Å²) in [5.41, 5.74) is 4.03. The summed E-state index contributed by atoms with van der Waals surface area (Å²) in [5, 5.41) is 0. The largest absolute Gasteiger partial charge is 0.271 e. The average molecular weight is 207 g/mol.